The molecule has 1 aliphatic carbocycles. The number of hydrogen-bond acceptors (Lipinski definition) is 2. The van der Waals surface area contributed by atoms with Crippen molar-refractivity contribution in [2.24, 2.45) is 0 Å². The van der Waals surface area contributed by atoms with Crippen molar-refractivity contribution in [3.05, 3.63) is 35.6 Å². The molecule has 0 spiro atoms. The summed E-state index contributed by atoms with van der Waals surface area (Å²) >= 11 is 0. The van der Waals surface area contributed by atoms with E-state index in [-0.39, 0.29) is 17.8 Å². The lowest BCUT2D eigenvalue weighted by atomic mass is 9.93. The fourth-order valence-electron chi connectivity index (χ4n) is 2.88. The highest BCUT2D eigenvalue weighted by Crippen LogP contribution is 2.49. The Bertz CT molecular complexity index is 479. The van der Waals surface area contributed by atoms with Gasteiger partial charge in [-0.05, 0) is 44.8 Å². The summed E-state index contributed by atoms with van der Waals surface area (Å²) in [4.78, 5) is 12.4. The van der Waals surface area contributed by atoms with Crippen LogP contribution in [0.2, 0.25) is 0 Å². The highest BCUT2D eigenvalue weighted by Gasteiger charge is 2.52. The summed E-state index contributed by atoms with van der Waals surface area (Å²) in [7, 11) is 0. The van der Waals surface area contributed by atoms with Gasteiger partial charge in [-0.3, -0.25) is 4.79 Å². The van der Waals surface area contributed by atoms with Crippen LogP contribution in [0.4, 0.5) is 4.39 Å². The second-order valence-corrected chi connectivity index (χ2v) is 5.56. The standard InChI is InChI=1S/C15H19FN2O/c16-13-4-2-1-3-12(13)15(7-8-15)14(19)18-11-5-9-17-10-6-11/h1-4,11,17H,5-10H2,(H,18,19). The Morgan fingerprint density at radius 1 is 1.26 bits per heavy atom. The minimum atomic E-state index is -0.601. The van der Waals surface area contributed by atoms with Gasteiger partial charge >= 0.3 is 0 Å². The topological polar surface area (TPSA) is 41.1 Å². The highest BCUT2D eigenvalue weighted by atomic mass is 19.1. The van der Waals surface area contributed by atoms with E-state index >= 15 is 0 Å². The molecule has 0 aromatic heterocycles. The van der Waals surface area contributed by atoms with Gasteiger partial charge in [-0.2, -0.15) is 0 Å². The molecule has 4 heteroatoms. The normalized spacial score (nSPS) is 21.9. The fourth-order valence-corrected chi connectivity index (χ4v) is 2.88. The van der Waals surface area contributed by atoms with Gasteiger partial charge in [0, 0.05) is 11.6 Å². The van der Waals surface area contributed by atoms with Gasteiger partial charge in [0.25, 0.3) is 0 Å². The van der Waals surface area contributed by atoms with Gasteiger partial charge in [-0.25, -0.2) is 4.39 Å². The van der Waals surface area contributed by atoms with E-state index in [1.165, 1.54) is 6.07 Å². The zero-order valence-electron chi connectivity index (χ0n) is 10.9. The van der Waals surface area contributed by atoms with Crippen molar-refractivity contribution in [2.75, 3.05) is 13.1 Å². The number of amides is 1. The zero-order chi connectivity index (χ0) is 13.3. The summed E-state index contributed by atoms with van der Waals surface area (Å²) in [5, 5.41) is 6.37. The van der Waals surface area contributed by atoms with E-state index in [1.54, 1.807) is 18.2 Å². The van der Waals surface area contributed by atoms with Gasteiger partial charge in [0.2, 0.25) is 5.91 Å². The molecule has 1 aromatic rings. The van der Waals surface area contributed by atoms with Crippen LogP contribution in [0.15, 0.2) is 24.3 Å². The van der Waals surface area contributed by atoms with Crippen LogP contribution >= 0.6 is 0 Å². The third-order valence-electron chi connectivity index (χ3n) is 4.25. The molecule has 2 N–H and O–H groups in total. The molecule has 3 rings (SSSR count). The number of piperidine rings is 1. The molecule has 19 heavy (non-hydrogen) atoms. The Morgan fingerprint density at radius 2 is 1.95 bits per heavy atom. The summed E-state index contributed by atoms with van der Waals surface area (Å²) < 4.78 is 13.9. The molecule has 1 saturated heterocycles. The first kappa shape index (κ1) is 12.6. The quantitative estimate of drug-likeness (QED) is 0.871. The van der Waals surface area contributed by atoms with Crippen LogP contribution in [0.5, 0.6) is 0 Å². The van der Waals surface area contributed by atoms with Crippen molar-refractivity contribution in [3.63, 3.8) is 0 Å². The van der Waals surface area contributed by atoms with E-state index in [0.717, 1.165) is 38.8 Å². The molecule has 1 saturated carbocycles. The van der Waals surface area contributed by atoms with Gasteiger partial charge in [0.1, 0.15) is 5.82 Å². The Labute approximate surface area is 112 Å². The SMILES string of the molecule is O=C(NC1CCNCC1)C1(c2ccccc2F)CC1. The third-order valence-corrected chi connectivity index (χ3v) is 4.25. The molecular weight excluding hydrogens is 243 g/mol. The van der Waals surface area contributed by atoms with E-state index in [0.29, 0.717) is 5.56 Å². The molecule has 2 aliphatic rings. The van der Waals surface area contributed by atoms with E-state index in [9.17, 15) is 9.18 Å². The summed E-state index contributed by atoms with van der Waals surface area (Å²) in [6, 6.07) is 6.88. The van der Waals surface area contributed by atoms with E-state index < -0.39 is 5.41 Å². The molecule has 3 nitrogen and oxygen atoms in total. The number of nitrogens with one attached hydrogen (secondary N) is 2. The Kier molecular flexibility index (Phi) is 3.27. The van der Waals surface area contributed by atoms with Gasteiger partial charge in [0.05, 0.1) is 5.41 Å². The molecule has 0 bridgehead atoms. The minimum Gasteiger partial charge on any atom is -0.352 e. The molecule has 102 valence electrons. The van der Waals surface area contributed by atoms with Crippen molar-refractivity contribution >= 4 is 5.91 Å². The monoisotopic (exact) mass is 262 g/mol. The number of rotatable bonds is 3. The largest absolute Gasteiger partial charge is 0.352 e. The average molecular weight is 262 g/mol. The van der Waals surface area contributed by atoms with Crippen LogP contribution in [-0.2, 0) is 10.2 Å². The van der Waals surface area contributed by atoms with Crippen LogP contribution < -0.4 is 10.6 Å². The van der Waals surface area contributed by atoms with Crippen LogP contribution in [-0.4, -0.2) is 25.0 Å². The molecule has 1 heterocycles. The first-order valence-electron chi connectivity index (χ1n) is 6.99. The number of halogens is 1. The molecule has 0 radical (unpaired) electrons. The first-order valence-corrected chi connectivity index (χ1v) is 6.99. The van der Waals surface area contributed by atoms with Crippen LogP contribution in [0.25, 0.3) is 0 Å². The maximum Gasteiger partial charge on any atom is 0.230 e. The van der Waals surface area contributed by atoms with Gasteiger partial charge < -0.3 is 10.6 Å². The van der Waals surface area contributed by atoms with Crippen molar-refractivity contribution in [3.8, 4) is 0 Å². The summed E-state index contributed by atoms with van der Waals surface area (Å²) in [5.41, 5.74) is -0.0441. The predicted octanol–water partition coefficient (Wildman–Crippen LogP) is 1.73. The van der Waals surface area contributed by atoms with Gasteiger partial charge in [0.15, 0.2) is 0 Å². The summed E-state index contributed by atoms with van der Waals surface area (Å²) in [6.07, 6.45) is 3.42. The minimum absolute atomic E-state index is 0.00417. The molecular formula is C15H19FN2O. The number of carbonyl (C=O) groups is 1. The van der Waals surface area contributed by atoms with Crippen LogP contribution in [0, 0.1) is 5.82 Å². The Morgan fingerprint density at radius 3 is 2.58 bits per heavy atom. The van der Waals surface area contributed by atoms with Crippen molar-refractivity contribution in [2.45, 2.75) is 37.1 Å². The van der Waals surface area contributed by atoms with E-state index in [2.05, 4.69) is 10.6 Å². The number of hydrogen-bond donors (Lipinski definition) is 2. The fraction of sp³-hybridized carbons (Fsp3) is 0.533. The highest BCUT2D eigenvalue weighted by molar-refractivity contribution is 5.91. The Hall–Kier alpha value is -1.42. The third kappa shape index (κ3) is 2.37. The lowest BCUT2D eigenvalue weighted by molar-refractivity contribution is -0.124. The van der Waals surface area contributed by atoms with Gasteiger partial charge in [-0.1, -0.05) is 18.2 Å². The van der Waals surface area contributed by atoms with Crippen molar-refractivity contribution in [1.29, 1.82) is 0 Å². The van der Waals surface area contributed by atoms with Crippen molar-refractivity contribution < 1.29 is 9.18 Å². The zero-order valence-corrected chi connectivity index (χ0v) is 10.9. The first-order chi connectivity index (χ1) is 9.22. The predicted molar refractivity (Wildman–Crippen MR) is 71.3 cm³/mol. The number of carbonyl (C=O) groups excluding carboxylic acids is 1. The van der Waals surface area contributed by atoms with E-state index in [1.807, 2.05) is 0 Å². The molecule has 0 unspecified atom stereocenters. The van der Waals surface area contributed by atoms with Crippen LogP contribution in [0.1, 0.15) is 31.2 Å². The molecule has 1 aliphatic heterocycles. The molecule has 1 amide bonds. The average Bonchev–Trinajstić information content (AvgIpc) is 3.22. The maximum absolute atomic E-state index is 13.9. The molecule has 1 aromatic carbocycles. The second kappa shape index (κ2) is 4.93. The van der Waals surface area contributed by atoms with Crippen molar-refractivity contribution in [1.82, 2.24) is 10.6 Å². The second-order valence-electron chi connectivity index (χ2n) is 5.56. The van der Waals surface area contributed by atoms with Gasteiger partial charge in [-0.15, -0.1) is 0 Å². The summed E-state index contributed by atoms with van der Waals surface area (Å²) in [5.74, 6) is -0.259. The summed E-state index contributed by atoms with van der Waals surface area (Å²) in [6.45, 7) is 1.88. The lowest BCUT2D eigenvalue weighted by Gasteiger charge is -2.26. The Balaban J connectivity index is 1.74. The lowest BCUT2D eigenvalue weighted by Crippen LogP contribution is -2.46. The smallest absolute Gasteiger partial charge is 0.230 e. The van der Waals surface area contributed by atoms with Crippen LogP contribution in [0.3, 0.4) is 0 Å². The van der Waals surface area contributed by atoms with E-state index in [4.69, 9.17) is 0 Å². The maximum atomic E-state index is 13.9. The molecule has 2 fully saturated rings. The molecule has 0 atom stereocenters. The number of benzene rings is 1.